The summed E-state index contributed by atoms with van der Waals surface area (Å²) in [5, 5.41) is 13.1. The number of rotatable bonds is 5. The summed E-state index contributed by atoms with van der Waals surface area (Å²) in [6.07, 6.45) is -0.0525. The summed E-state index contributed by atoms with van der Waals surface area (Å²) in [4.78, 5) is 27.3. The van der Waals surface area contributed by atoms with Crippen LogP contribution in [0.15, 0.2) is 54.6 Å². The molecule has 0 radical (unpaired) electrons. The predicted molar refractivity (Wildman–Crippen MR) is 119 cm³/mol. The number of hydrogen-bond donors (Lipinski definition) is 2. The third kappa shape index (κ3) is 6.16. The summed E-state index contributed by atoms with van der Waals surface area (Å²) in [5.41, 5.74) is 1.25. The van der Waals surface area contributed by atoms with E-state index in [0.717, 1.165) is 0 Å². The van der Waals surface area contributed by atoms with E-state index in [9.17, 15) is 19.1 Å². The maximum atomic E-state index is 13.3. The number of fused-ring (bicyclic) bond motifs is 1. The fourth-order valence-electron chi connectivity index (χ4n) is 4.45. The van der Waals surface area contributed by atoms with Crippen LogP contribution in [-0.4, -0.2) is 65.9 Å². The van der Waals surface area contributed by atoms with Crippen molar-refractivity contribution in [3.8, 4) is 0 Å². The van der Waals surface area contributed by atoms with Gasteiger partial charge in [0.15, 0.2) is 0 Å². The molecule has 176 valence electrons. The molecule has 2 heterocycles. The molecule has 0 aromatic heterocycles. The molecule has 0 unspecified atom stereocenters. The summed E-state index contributed by atoms with van der Waals surface area (Å²) < 4.78 is 25.1. The standard InChI is InChI=1S/C25H29FN2O5/c26-19-8-4-5-17(11-19)13-27-24(30)12-21-9-10-22-23(33-21)16-32-15-20(29)14-28(22)25(31)18-6-2-1-3-7-18/h1-8,11,20-23,29H,9-10,12-16H2,(H,27,30)/t20-,21-,22+,23-/m1/s1. The van der Waals surface area contributed by atoms with Gasteiger partial charge in [-0.1, -0.05) is 30.3 Å². The van der Waals surface area contributed by atoms with Crippen LogP contribution >= 0.6 is 0 Å². The van der Waals surface area contributed by atoms with Crippen LogP contribution in [0, 0.1) is 5.82 Å². The molecule has 8 heteroatoms. The van der Waals surface area contributed by atoms with E-state index in [1.165, 1.54) is 12.1 Å². The van der Waals surface area contributed by atoms with Crippen LogP contribution in [0.2, 0.25) is 0 Å². The summed E-state index contributed by atoms with van der Waals surface area (Å²) >= 11 is 0. The molecule has 0 aliphatic carbocycles. The summed E-state index contributed by atoms with van der Waals surface area (Å²) in [6.45, 7) is 0.762. The third-order valence-corrected chi connectivity index (χ3v) is 6.05. The molecule has 2 aromatic rings. The van der Waals surface area contributed by atoms with Crippen molar-refractivity contribution in [1.82, 2.24) is 10.2 Å². The quantitative estimate of drug-likeness (QED) is 0.721. The number of ether oxygens (including phenoxy) is 2. The van der Waals surface area contributed by atoms with Gasteiger partial charge in [0.25, 0.3) is 5.91 Å². The number of carbonyl (C=O) groups excluding carboxylic acids is 2. The number of aliphatic hydroxyl groups excluding tert-OH is 1. The van der Waals surface area contributed by atoms with Gasteiger partial charge in [-0.2, -0.15) is 0 Å². The van der Waals surface area contributed by atoms with Crippen LogP contribution in [0.3, 0.4) is 0 Å². The molecule has 7 nitrogen and oxygen atoms in total. The van der Waals surface area contributed by atoms with Gasteiger partial charge in [-0.15, -0.1) is 0 Å². The highest BCUT2D eigenvalue weighted by Gasteiger charge is 2.40. The van der Waals surface area contributed by atoms with Crippen molar-refractivity contribution in [3.63, 3.8) is 0 Å². The molecule has 0 saturated carbocycles. The zero-order chi connectivity index (χ0) is 23.2. The van der Waals surface area contributed by atoms with Crippen molar-refractivity contribution in [1.29, 1.82) is 0 Å². The minimum atomic E-state index is -0.773. The Hall–Kier alpha value is -2.81. The van der Waals surface area contributed by atoms with Crippen LogP contribution < -0.4 is 5.32 Å². The van der Waals surface area contributed by atoms with Crippen molar-refractivity contribution in [2.75, 3.05) is 19.8 Å². The summed E-state index contributed by atoms with van der Waals surface area (Å²) in [5.74, 6) is -0.670. The molecular formula is C25H29FN2O5. The SMILES string of the molecule is O=C(C[C@H]1CC[C@H]2[C@@H](COC[C@H](O)CN2C(=O)c2ccccc2)O1)NCc1cccc(F)c1. The topological polar surface area (TPSA) is 88.1 Å². The Morgan fingerprint density at radius 2 is 1.91 bits per heavy atom. The maximum Gasteiger partial charge on any atom is 0.254 e. The van der Waals surface area contributed by atoms with Gasteiger partial charge in [0.2, 0.25) is 5.91 Å². The number of nitrogens with zero attached hydrogens (tertiary/aromatic N) is 1. The summed E-state index contributed by atoms with van der Waals surface area (Å²) in [7, 11) is 0. The van der Waals surface area contributed by atoms with E-state index in [-0.39, 0.29) is 68.6 Å². The number of aliphatic hydroxyl groups is 1. The second kappa shape index (κ2) is 10.9. The highest BCUT2D eigenvalue weighted by Crippen LogP contribution is 2.28. The van der Waals surface area contributed by atoms with Gasteiger partial charge in [0.05, 0.1) is 37.9 Å². The van der Waals surface area contributed by atoms with Gasteiger partial charge in [0, 0.05) is 18.7 Å². The van der Waals surface area contributed by atoms with Crippen molar-refractivity contribution in [3.05, 3.63) is 71.5 Å². The highest BCUT2D eigenvalue weighted by molar-refractivity contribution is 5.94. The fraction of sp³-hybridized carbons (Fsp3) is 0.440. The van der Waals surface area contributed by atoms with E-state index in [2.05, 4.69) is 5.32 Å². The van der Waals surface area contributed by atoms with E-state index in [1.807, 2.05) is 18.2 Å². The molecule has 0 bridgehead atoms. The molecule has 2 aliphatic heterocycles. The molecule has 2 aromatic carbocycles. The van der Waals surface area contributed by atoms with E-state index >= 15 is 0 Å². The van der Waals surface area contributed by atoms with E-state index in [1.54, 1.807) is 29.2 Å². The lowest BCUT2D eigenvalue weighted by Crippen LogP contribution is -2.57. The number of nitrogens with one attached hydrogen (secondary N) is 1. The number of benzene rings is 2. The second-order valence-electron chi connectivity index (χ2n) is 8.57. The zero-order valence-corrected chi connectivity index (χ0v) is 18.4. The molecule has 33 heavy (non-hydrogen) atoms. The molecule has 2 saturated heterocycles. The highest BCUT2D eigenvalue weighted by atomic mass is 19.1. The van der Waals surface area contributed by atoms with Gasteiger partial charge < -0.3 is 24.8 Å². The van der Waals surface area contributed by atoms with E-state index in [0.29, 0.717) is 24.0 Å². The zero-order valence-electron chi connectivity index (χ0n) is 18.4. The molecule has 2 fully saturated rings. The second-order valence-corrected chi connectivity index (χ2v) is 8.57. The van der Waals surface area contributed by atoms with Gasteiger partial charge in [-0.25, -0.2) is 4.39 Å². The summed E-state index contributed by atoms with van der Waals surface area (Å²) in [6, 6.07) is 14.8. The molecule has 2 N–H and O–H groups in total. The van der Waals surface area contributed by atoms with Gasteiger partial charge in [-0.05, 0) is 42.7 Å². The molecule has 4 rings (SSSR count). The molecular weight excluding hydrogens is 427 g/mol. The number of carbonyl (C=O) groups is 2. The number of amides is 2. The van der Waals surface area contributed by atoms with Crippen molar-refractivity contribution < 1.29 is 28.6 Å². The molecule has 2 aliphatic rings. The van der Waals surface area contributed by atoms with Crippen LogP contribution in [-0.2, 0) is 20.8 Å². The lowest BCUT2D eigenvalue weighted by Gasteiger charge is -2.44. The minimum Gasteiger partial charge on any atom is -0.389 e. The third-order valence-electron chi connectivity index (χ3n) is 6.05. The lowest BCUT2D eigenvalue weighted by molar-refractivity contribution is -0.151. The van der Waals surface area contributed by atoms with Crippen LogP contribution in [0.5, 0.6) is 0 Å². The normalized spacial score (nSPS) is 25.5. The number of halogens is 1. The Bertz CT molecular complexity index is 957. The Morgan fingerprint density at radius 3 is 2.70 bits per heavy atom. The smallest absolute Gasteiger partial charge is 0.254 e. The first kappa shape index (κ1) is 23.4. The van der Waals surface area contributed by atoms with Crippen LogP contribution in [0.1, 0.15) is 35.2 Å². The lowest BCUT2D eigenvalue weighted by atomic mass is 9.94. The Balaban J connectivity index is 1.37. The van der Waals surface area contributed by atoms with Gasteiger partial charge in [-0.3, -0.25) is 9.59 Å². The largest absolute Gasteiger partial charge is 0.389 e. The van der Waals surface area contributed by atoms with Gasteiger partial charge >= 0.3 is 0 Å². The molecule has 2 amide bonds. The molecule has 4 atom stereocenters. The van der Waals surface area contributed by atoms with Crippen molar-refractivity contribution in [2.24, 2.45) is 0 Å². The average molecular weight is 457 g/mol. The van der Waals surface area contributed by atoms with Crippen LogP contribution in [0.25, 0.3) is 0 Å². The van der Waals surface area contributed by atoms with E-state index < -0.39 is 6.10 Å². The first-order valence-corrected chi connectivity index (χ1v) is 11.3. The Morgan fingerprint density at radius 1 is 1.09 bits per heavy atom. The first-order valence-electron chi connectivity index (χ1n) is 11.3. The minimum absolute atomic E-state index is 0.115. The van der Waals surface area contributed by atoms with Gasteiger partial charge in [0.1, 0.15) is 11.9 Å². The van der Waals surface area contributed by atoms with Crippen molar-refractivity contribution >= 4 is 11.8 Å². The Kier molecular flexibility index (Phi) is 7.69. The first-order chi connectivity index (χ1) is 16.0. The number of β-amino-alcohol motifs (C(OH)–C–C–N with tert-alkyl or cyclic N) is 1. The Labute approximate surface area is 192 Å². The van der Waals surface area contributed by atoms with Crippen LogP contribution in [0.4, 0.5) is 4.39 Å². The fourth-order valence-corrected chi connectivity index (χ4v) is 4.45. The average Bonchev–Trinajstić information content (AvgIpc) is 2.81. The van der Waals surface area contributed by atoms with Crippen molar-refractivity contribution in [2.45, 2.75) is 50.2 Å². The molecule has 0 spiro atoms. The number of hydrogen-bond acceptors (Lipinski definition) is 5. The monoisotopic (exact) mass is 456 g/mol. The maximum absolute atomic E-state index is 13.3. The predicted octanol–water partition coefficient (Wildman–Crippen LogP) is 2.28. The van der Waals surface area contributed by atoms with E-state index in [4.69, 9.17) is 9.47 Å².